The molecule has 1 amide bonds. The maximum Gasteiger partial charge on any atom is 0.274 e. The fourth-order valence-corrected chi connectivity index (χ4v) is 3.13. The predicted molar refractivity (Wildman–Crippen MR) is 108 cm³/mol. The summed E-state index contributed by atoms with van der Waals surface area (Å²) in [6.07, 6.45) is -3.94. The number of phenols is 2. The van der Waals surface area contributed by atoms with E-state index in [1.54, 1.807) is 0 Å². The third kappa shape index (κ3) is 5.17. The SMILES string of the molecule is Nc1cc(=O)n([C@@H]2O[C@H](COCCNC(=O)c3cc([N+](=O)[O-])cc(O)c3O)[C@@H](O)[C@H]2O)cn1. The van der Waals surface area contributed by atoms with E-state index in [9.17, 15) is 40.1 Å². The van der Waals surface area contributed by atoms with Crippen LogP contribution in [0.1, 0.15) is 16.6 Å². The number of nitrogen functional groups attached to an aromatic ring is 1. The van der Waals surface area contributed by atoms with Gasteiger partial charge in [0.25, 0.3) is 17.2 Å². The minimum absolute atomic E-state index is 0.0140. The van der Waals surface area contributed by atoms with Crippen LogP contribution in [0.4, 0.5) is 11.5 Å². The lowest BCUT2D eigenvalue weighted by Gasteiger charge is -2.17. The number of benzene rings is 1. The first-order chi connectivity index (χ1) is 15.6. The number of aromatic nitrogens is 2. The zero-order valence-electron chi connectivity index (χ0n) is 16.9. The molecule has 2 heterocycles. The van der Waals surface area contributed by atoms with E-state index in [-0.39, 0.29) is 25.6 Å². The number of aliphatic hydroxyl groups is 2. The number of phenolic OH excluding ortho intramolecular Hbond substituents is 2. The number of hydrogen-bond donors (Lipinski definition) is 6. The minimum atomic E-state index is -1.44. The highest BCUT2D eigenvalue weighted by atomic mass is 16.6. The second kappa shape index (κ2) is 9.78. The quantitative estimate of drug-likeness (QED) is 0.109. The molecule has 1 aromatic heterocycles. The number of nitrogens with one attached hydrogen (secondary N) is 1. The largest absolute Gasteiger partial charge is 0.504 e. The Hall–Kier alpha value is -3.79. The normalized spacial score (nSPS) is 22.2. The van der Waals surface area contributed by atoms with Crippen LogP contribution >= 0.6 is 0 Å². The molecule has 0 bridgehead atoms. The van der Waals surface area contributed by atoms with Gasteiger partial charge in [-0.3, -0.25) is 24.3 Å². The Bertz CT molecular complexity index is 1110. The molecule has 7 N–H and O–H groups in total. The van der Waals surface area contributed by atoms with Gasteiger partial charge in [0.2, 0.25) is 0 Å². The third-order valence-electron chi connectivity index (χ3n) is 4.81. The zero-order valence-corrected chi connectivity index (χ0v) is 16.9. The summed E-state index contributed by atoms with van der Waals surface area (Å²) in [6, 6.07) is 2.55. The van der Waals surface area contributed by atoms with Crippen molar-refractivity contribution in [3.05, 3.63) is 50.6 Å². The number of aromatic hydroxyl groups is 2. The van der Waals surface area contributed by atoms with Gasteiger partial charge in [-0.2, -0.15) is 0 Å². The van der Waals surface area contributed by atoms with Crippen molar-refractivity contribution in [1.29, 1.82) is 0 Å². The molecule has 1 aliphatic heterocycles. The lowest BCUT2D eigenvalue weighted by atomic mass is 10.1. The van der Waals surface area contributed by atoms with Crippen molar-refractivity contribution < 1.29 is 39.6 Å². The Morgan fingerprint density at radius 3 is 2.70 bits per heavy atom. The maximum absolute atomic E-state index is 12.2. The van der Waals surface area contributed by atoms with Gasteiger partial charge >= 0.3 is 0 Å². The molecule has 178 valence electrons. The fourth-order valence-electron chi connectivity index (χ4n) is 3.13. The number of ether oxygens (including phenoxy) is 2. The molecule has 3 rings (SSSR count). The zero-order chi connectivity index (χ0) is 24.3. The molecule has 0 radical (unpaired) electrons. The number of amides is 1. The number of anilines is 1. The molecule has 1 aliphatic rings. The summed E-state index contributed by atoms with van der Waals surface area (Å²) in [4.78, 5) is 37.9. The number of aliphatic hydroxyl groups excluding tert-OH is 2. The molecule has 4 atom stereocenters. The highest BCUT2D eigenvalue weighted by Gasteiger charge is 2.44. The Morgan fingerprint density at radius 1 is 1.30 bits per heavy atom. The Morgan fingerprint density at radius 2 is 2.03 bits per heavy atom. The molecule has 0 spiro atoms. The molecule has 2 aromatic rings. The van der Waals surface area contributed by atoms with Gasteiger partial charge in [-0.1, -0.05) is 0 Å². The molecule has 0 saturated carbocycles. The maximum atomic E-state index is 12.2. The number of nitro benzene ring substituents is 1. The van der Waals surface area contributed by atoms with Crippen molar-refractivity contribution in [2.75, 3.05) is 25.5 Å². The van der Waals surface area contributed by atoms with Crippen LogP contribution in [0.2, 0.25) is 0 Å². The number of carbonyl (C=O) groups is 1. The Labute approximate surface area is 184 Å². The van der Waals surface area contributed by atoms with Crippen molar-refractivity contribution in [1.82, 2.24) is 14.9 Å². The van der Waals surface area contributed by atoms with E-state index in [4.69, 9.17) is 15.2 Å². The van der Waals surface area contributed by atoms with E-state index in [0.717, 1.165) is 23.0 Å². The van der Waals surface area contributed by atoms with Crippen molar-refractivity contribution >= 4 is 17.4 Å². The number of hydrogen-bond acceptors (Lipinski definition) is 12. The van der Waals surface area contributed by atoms with Crippen LogP contribution in [0.15, 0.2) is 29.3 Å². The monoisotopic (exact) mass is 467 g/mol. The fraction of sp³-hybridized carbons (Fsp3) is 0.389. The summed E-state index contributed by atoms with van der Waals surface area (Å²) in [5.74, 6) is -2.53. The van der Waals surface area contributed by atoms with E-state index in [2.05, 4.69) is 10.3 Å². The van der Waals surface area contributed by atoms with Gasteiger partial charge in [-0.05, 0) is 0 Å². The molecule has 33 heavy (non-hydrogen) atoms. The van der Waals surface area contributed by atoms with Crippen LogP contribution in [0.5, 0.6) is 11.5 Å². The van der Waals surface area contributed by atoms with Gasteiger partial charge in [0.05, 0.1) is 29.8 Å². The summed E-state index contributed by atoms with van der Waals surface area (Å²) in [5.41, 5.74) is 3.76. The molecule has 15 nitrogen and oxygen atoms in total. The highest BCUT2D eigenvalue weighted by Crippen LogP contribution is 2.33. The summed E-state index contributed by atoms with van der Waals surface area (Å²) in [7, 11) is 0. The van der Waals surface area contributed by atoms with Gasteiger partial charge in [0, 0.05) is 18.7 Å². The van der Waals surface area contributed by atoms with E-state index in [1.165, 1.54) is 0 Å². The number of carbonyl (C=O) groups excluding carboxylic acids is 1. The lowest BCUT2D eigenvalue weighted by Crippen LogP contribution is -2.36. The summed E-state index contributed by atoms with van der Waals surface area (Å²) >= 11 is 0. The van der Waals surface area contributed by atoms with Crippen molar-refractivity contribution in [2.24, 2.45) is 0 Å². The molecular formula is C18H21N5O10. The first kappa shape index (κ1) is 23.9. The van der Waals surface area contributed by atoms with Crippen LogP contribution in [0.25, 0.3) is 0 Å². The van der Waals surface area contributed by atoms with Gasteiger partial charge in [-0.15, -0.1) is 0 Å². The summed E-state index contributed by atoms with van der Waals surface area (Å²) in [5, 5.41) is 52.8. The van der Waals surface area contributed by atoms with Crippen LogP contribution in [0.3, 0.4) is 0 Å². The van der Waals surface area contributed by atoms with E-state index in [1.807, 2.05) is 0 Å². The average Bonchev–Trinajstić information content (AvgIpc) is 3.03. The van der Waals surface area contributed by atoms with Gasteiger partial charge < -0.3 is 41.0 Å². The second-order valence-corrected chi connectivity index (χ2v) is 7.05. The van der Waals surface area contributed by atoms with Gasteiger partial charge in [0.15, 0.2) is 17.7 Å². The van der Waals surface area contributed by atoms with E-state index >= 15 is 0 Å². The minimum Gasteiger partial charge on any atom is -0.504 e. The van der Waals surface area contributed by atoms with Crippen LogP contribution in [-0.2, 0) is 9.47 Å². The van der Waals surface area contributed by atoms with Gasteiger partial charge in [0.1, 0.15) is 30.5 Å². The molecule has 1 saturated heterocycles. The van der Waals surface area contributed by atoms with Crippen LogP contribution < -0.4 is 16.6 Å². The number of non-ortho nitro benzene ring substituents is 1. The van der Waals surface area contributed by atoms with Crippen molar-refractivity contribution in [3.63, 3.8) is 0 Å². The van der Waals surface area contributed by atoms with E-state index in [0.29, 0.717) is 6.07 Å². The number of nitrogens with zero attached hydrogens (tertiary/aromatic N) is 3. The number of nitro groups is 1. The van der Waals surface area contributed by atoms with Gasteiger partial charge in [-0.25, -0.2) is 4.98 Å². The average molecular weight is 467 g/mol. The lowest BCUT2D eigenvalue weighted by molar-refractivity contribution is -0.385. The standard InChI is InChI=1S/C18H21N5O10/c19-12-5-13(25)22(7-21-12)18-16(28)15(27)11(33-18)6-32-2-1-20-17(29)9-3-8(23(30)31)4-10(24)14(9)26/h3-5,7,11,15-16,18,24,26-28H,1-2,6,19H2,(H,20,29)/t11-,15-,16-,18-/m1/s1. The molecule has 0 aliphatic carbocycles. The third-order valence-corrected chi connectivity index (χ3v) is 4.81. The Balaban J connectivity index is 1.51. The Kier molecular flexibility index (Phi) is 7.07. The summed E-state index contributed by atoms with van der Waals surface area (Å²) < 4.78 is 11.8. The van der Waals surface area contributed by atoms with Crippen LogP contribution in [-0.4, -0.2) is 78.9 Å². The van der Waals surface area contributed by atoms with Crippen molar-refractivity contribution in [3.8, 4) is 11.5 Å². The first-order valence-electron chi connectivity index (χ1n) is 9.51. The highest BCUT2D eigenvalue weighted by molar-refractivity contribution is 5.98. The summed E-state index contributed by atoms with van der Waals surface area (Å²) in [6.45, 7) is -0.396. The van der Waals surface area contributed by atoms with E-state index < -0.39 is 63.7 Å². The molecule has 1 aromatic carbocycles. The number of rotatable bonds is 8. The molecule has 15 heteroatoms. The topological polar surface area (TPSA) is 233 Å². The van der Waals surface area contributed by atoms with Crippen molar-refractivity contribution in [2.45, 2.75) is 24.5 Å². The van der Waals surface area contributed by atoms with Crippen LogP contribution in [0, 0.1) is 10.1 Å². The first-order valence-corrected chi connectivity index (χ1v) is 9.51. The molecular weight excluding hydrogens is 446 g/mol. The predicted octanol–water partition coefficient (Wildman–Crippen LogP) is -1.79. The second-order valence-electron chi connectivity index (χ2n) is 7.05. The smallest absolute Gasteiger partial charge is 0.274 e. The number of nitrogens with two attached hydrogens (primary N) is 1. The molecule has 1 fully saturated rings. The molecule has 0 unspecified atom stereocenters.